The average molecular weight is 251 g/mol. The van der Waals surface area contributed by atoms with Crippen molar-refractivity contribution < 1.29 is 4.79 Å². The molecule has 0 aliphatic rings. The van der Waals surface area contributed by atoms with Gasteiger partial charge in [0.05, 0.1) is 0 Å². The summed E-state index contributed by atoms with van der Waals surface area (Å²) in [6.45, 7) is 0.486. The van der Waals surface area contributed by atoms with E-state index in [2.05, 4.69) is 15.3 Å². The third-order valence-electron chi connectivity index (χ3n) is 3.01. The number of H-pyrrole nitrogens is 1. The number of aromatic amines is 1. The van der Waals surface area contributed by atoms with E-state index in [1.165, 1.54) is 0 Å². The molecule has 4 heteroatoms. The number of rotatable bonds is 3. The molecule has 0 radical (unpaired) electrons. The van der Waals surface area contributed by atoms with Crippen LogP contribution in [0.4, 0.5) is 0 Å². The summed E-state index contributed by atoms with van der Waals surface area (Å²) in [6.07, 6.45) is 3.53. The standard InChI is InChI=1S/C15H13N3O/c19-15(14-7-3-4-8-16-14)18-10-11-9-17-13-6-2-1-5-12(11)13/h1-9,17H,10H2,(H,18,19). The molecule has 1 amide bonds. The van der Waals surface area contributed by atoms with Gasteiger partial charge >= 0.3 is 0 Å². The highest BCUT2D eigenvalue weighted by atomic mass is 16.1. The van der Waals surface area contributed by atoms with E-state index in [1.54, 1.807) is 24.4 Å². The highest BCUT2D eigenvalue weighted by Crippen LogP contribution is 2.17. The fourth-order valence-electron chi connectivity index (χ4n) is 2.04. The molecule has 0 atom stereocenters. The maximum absolute atomic E-state index is 11.9. The van der Waals surface area contributed by atoms with Gasteiger partial charge in [0, 0.05) is 29.8 Å². The summed E-state index contributed by atoms with van der Waals surface area (Å²) in [5, 5.41) is 4.00. The van der Waals surface area contributed by atoms with Gasteiger partial charge in [-0.2, -0.15) is 0 Å². The van der Waals surface area contributed by atoms with Crippen molar-refractivity contribution in [2.24, 2.45) is 0 Å². The number of amides is 1. The van der Waals surface area contributed by atoms with Crippen LogP contribution >= 0.6 is 0 Å². The number of fused-ring (bicyclic) bond motifs is 1. The first-order valence-electron chi connectivity index (χ1n) is 6.09. The summed E-state index contributed by atoms with van der Waals surface area (Å²) >= 11 is 0. The number of para-hydroxylation sites is 1. The molecular weight excluding hydrogens is 238 g/mol. The number of carbonyl (C=O) groups is 1. The Balaban J connectivity index is 1.75. The molecule has 4 nitrogen and oxygen atoms in total. The van der Waals surface area contributed by atoms with Gasteiger partial charge in [0.1, 0.15) is 5.69 Å². The molecule has 0 spiro atoms. The Kier molecular flexibility index (Phi) is 2.98. The van der Waals surface area contributed by atoms with Crippen LogP contribution in [0, 0.1) is 0 Å². The Morgan fingerprint density at radius 2 is 2.00 bits per heavy atom. The summed E-state index contributed by atoms with van der Waals surface area (Å²) in [4.78, 5) is 19.1. The average Bonchev–Trinajstić information content (AvgIpc) is 2.89. The second-order valence-corrected chi connectivity index (χ2v) is 4.26. The predicted octanol–water partition coefficient (Wildman–Crippen LogP) is 2.49. The van der Waals surface area contributed by atoms with E-state index in [1.807, 2.05) is 30.5 Å². The van der Waals surface area contributed by atoms with Crippen molar-refractivity contribution in [1.29, 1.82) is 0 Å². The highest BCUT2D eigenvalue weighted by molar-refractivity contribution is 5.92. The summed E-state index contributed by atoms with van der Waals surface area (Å²) in [5.74, 6) is -0.161. The molecule has 3 rings (SSSR count). The lowest BCUT2D eigenvalue weighted by Crippen LogP contribution is -2.23. The Morgan fingerprint density at radius 3 is 2.84 bits per heavy atom. The van der Waals surface area contributed by atoms with Crippen molar-refractivity contribution in [3.8, 4) is 0 Å². The molecule has 0 bridgehead atoms. The van der Waals surface area contributed by atoms with Gasteiger partial charge < -0.3 is 10.3 Å². The summed E-state index contributed by atoms with van der Waals surface area (Å²) in [7, 11) is 0. The number of hydrogen-bond acceptors (Lipinski definition) is 2. The Bertz CT molecular complexity index is 703. The molecule has 0 saturated carbocycles. The molecule has 0 unspecified atom stereocenters. The summed E-state index contributed by atoms with van der Waals surface area (Å²) < 4.78 is 0. The van der Waals surface area contributed by atoms with Crippen LogP contribution in [0.3, 0.4) is 0 Å². The maximum Gasteiger partial charge on any atom is 0.270 e. The molecule has 1 aromatic carbocycles. The number of nitrogens with zero attached hydrogens (tertiary/aromatic N) is 1. The van der Waals surface area contributed by atoms with Crippen molar-refractivity contribution in [2.45, 2.75) is 6.54 Å². The SMILES string of the molecule is O=C(NCc1c[nH]c2ccccc12)c1ccccn1. The summed E-state index contributed by atoms with van der Waals surface area (Å²) in [6, 6.07) is 13.3. The number of nitrogens with one attached hydrogen (secondary N) is 2. The van der Waals surface area contributed by atoms with Crippen LogP contribution in [-0.4, -0.2) is 15.9 Å². The van der Waals surface area contributed by atoms with E-state index in [0.717, 1.165) is 16.5 Å². The van der Waals surface area contributed by atoms with Gasteiger partial charge in [0.2, 0.25) is 0 Å². The topological polar surface area (TPSA) is 57.8 Å². The lowest BCUT2D eigenvalue weighted by atomic mass is 10.2. The van der Waals surface area contributed by atoms with Crippen LogP contribution < -0.4 is 5.32 Å². The van der Waals surface area contributed by atoms with Crippen molar-refractivity contribution in [3.05, 3.63) is 66.1 Å². The molecule has 0 aliphatic heterocycles. The molecule has 0 saturated heterocycles. The number of carbonyl (C=O) groups excluding carboxylic acids is 1. The molecule has 2 N–H and O–H groups in total. The Hall–Kier alpha value is -2.62. The maximum atomic E-state index is 11.9. The molecule has 2 heterocycles. The van der Waals surface area contributed by atoms with Gasteiger partial charge in [-0.05, 0) is 23.8 Å². The van der Waals surface area contributed by atoms with Crippen LogP contribution in [0.2, 0.25) is 0 Å². The van der Waals surface area contributed by atoms with Crippen molar-refractivity contribution in [1.82, 2.24) is 15.3 Å². The van der Waals surface area contributed by atoms with E-state index >= 15 is 0 Å². The first-order valence-corrected chi connectivity index (χ1v) is 6.09. The molecule has 0 fully saturated rings. The number of aromatic nitrogens is 2. The van der Waals surface area contributed by atoms with Crippen molar-refractivity contribution in [3.63, 3.8) is 0 Å². The van der Waals surface area contributed by atoms with Gasteiger partial charge in [-0.1, -0.05) is 24.3 Å². The van der Waals surface area contributed by atoms with Crippen LogP contribution in [-0.2, 0) is 6.54 Å². The Labute approximate surface area is 110 Å². The zero-order valence-electron chi connectivity index (χ0n) is 10.3. The predicted molar refractivity (Wildman–Crippen MR) is 73.7 cm³/mol. The monoisotopic (exact) mass is 251 g/mol. The highest BCUT2D eigenvalue weighted by Gasteiger charge is 2.07. The van der Waals surface area contributed by atoms with Crippen LogP contribution in [0.25, 0.3) is 10.9 Å². The molecule has 3 aromatic rings. The lowest BCUT2D eigenvalue weighted by molar-refractivity contribution is 0.0946. The fourth-order valence-corrected chi connectivity index (χ4v) is 2.04. The summed E-state index contributed by atoms with van der Waals surface area (Å²) in [5.41, 5.74) is 2.58. The second-order valence-electron chi connectivity index (χ2n) is 4.26. The van der Waals surface area contributed by atoms with Gasteiger partial charge in [-0.25, -0.2) is 0 Å². The largest absolute Gasteiger partial charge is 0.361 e. The van der Waals surface area contributed by atoms with E-state index in [4.69, 9.17) is 0 Å². The van der Waals surface area contributed by atoms with Gasteiger partial charge in [0.25, 0.3) is 5.91 Å². The molecule has 94 valence electrons. The molecule has 2 aromatic heterocycles. The number of benzene rings is 1. The van der Waals surface area contributed by atoms with Gasteiger partial charge in [0.15, 0.2) is 0 Å². The van der Waals surface area contributed by atoms with E-state index in [9.17, 15) is 4.79 Å². The number of pyridine rings is 1. The quantitative estimate of drug-likeness (QED) is 0.751. The minimum atomic E-state index is -0.161. The van der Waals surface area contributed by atoms with Crippen LogP contribution in [0.5, 0.6) is 0 Å². The van der Waals surface area contributed by atoms with Gasteiger partial charge in [-0.3, -0.25) is 9.78 Å². The normalized spacial score (nSPS) is 10.5. The first kappa shape index (κ1) is 11.5. The van der Waals surface area contributed by atoms with Gasteiger partial charge in [-0.15, -0.1) is 0 Å². The first-order chi connectivity index (χ1) is 9.34. The fraction of sp³-hybridized carbons (Fsp3) is 0.0667. The van der Waals surface area contributed by atoms with Crippen molar-refractivity contribution >= 4 is 16.8 Å². The van der Waals surface area contributed by atoms with Crippen LogP contribution in [0.15, 0.2) is 54.9 Å². The van der Waals surface area contributed by atoms with Crippen molar-refractivity contribution in [2.75, 3.05) is 0 Å². The van der Waals surface area contributed by atoms with E-state index in [0.29, 0.717) is 12.2 Å². The second kappa shape index (κ2) is 4.94. The van der Waals surface area contributed by atoms with E-state index < -0.39 is 0 Å². The zero-order chi connectivity index (χ0) is 13.1. The molecule has 0 aliphatic carbocycles. The van der Waals surface area contributed by atoms with Crippen LogP contribution in [0.1, 0.15) is 16.1 Å². The third kappa shape index (κ3) is 2.33. The Morgan fingerprint density at radius 1 is 1.16 bits per heavy atom. The number of hydrogen-bond donors (Lipinski definition) is 2. The smallest absolute Gasteiger partial charge is 0.270 e. The molecule has 19 heavy (non-hydrogen) atoms. The minimum Gasteiger partial charge on any atom is -0.361 e. The third-order valence-corrected chi connectivity index (χ3v) is 3.01. The molecular formula is C15H13N3O. The lowest BCUT2D eigenvalue weighted by Gasteiger charge is -2.03. The zero-order valence-corrected chi connectivity index (χ0v) is 10.3. The van der Waals surface area contributed by atoms with E-state index in [-0.39, 0.29) is 5.91 Å². The minimum absolute atomic E-state index is 0.161.